The summed E-state index contributed by atoms with van der Waals surface area (Å²) in [5, 5.41) is 3.01. The van der Waals surface area contributed by atoms with Crippen LogP contribution in [0.2, 0.25) is 0 Å². The molecule has 2 amide bonds. The molecule has 1 atom stereocenters. The van der Waals surface area contributed by atoms with Crippen LogP contribution in [0.25, 0.3) is 0 Å². The lowest BCUT2D eigenvalue weighted by Gasteiger charge is -2.24. The van der Waals surface area contributed by atoms with Gasteiger partial charge in [0.25, 0.3) is 5.91 Å². The van der Waals surface area contributed by atoms with E-state index in [1.54, 1.807) is 29.2 Å². The normalized spacial score (nSPS) is 15.8. The van der Waals surface area contributed by atoms with Crippen LogP contribution in [0.15, 0.2) is 78.9 Å². The quantitative estimate of drug-likeness (QED) is 0.521. The third-order valence-corrected chi connectivity index (χ3v) is 5.81. The second-order valence-corrected chi connectivity index (χ2v) is 8.00. The number of rotatable bonds is 7. The molecule has 3 aromatic carbocycles. The van der Waals surface area contributed by atoms with Crippen molar-refractivity contribution < 1.29 is 18.4 Å². The van der Waals surface area contributed by atoms with E-state index >= 15 is 0 Å². The number of para-hydroxylation sites is 1. The van der Waals surface area contributed by atoms with Gasteiger partial charge in [0.05, 0.1) is 12.1 Å². The molecule has 1 N–H and O–H groups in total. The molecule has 0 spiro atoms. The number of carbonyl (C=O) groups is 2. The summed E-state index contributed by atoms with van der Waals surface area (Å²) in [7, 11) is 0. The van der Waals surface area contributed by atoms with Gasteiger partial charge in [-0.2, -0.15) is 0 Å². The van der Waals surface area contributed by atoms with E-state index in [0.717, 1.165) is 5.56 Å². The Kier molecular flexibility index (Phi) is 6.74. The molecule has 0 bridgehead atoms. The van der Waals surface area contributed by atoms with Crippen LogP contribution in [-0.4, -0.2) is 34.4 Å². The highest BCUT2D eigenvalue weighted by Crippen LogP contribution is 2.27. The smallest absolute Gasteiger partial charge is 0.256 e. The number of hydrogen-bond acceptors (Lipinski definition) is 3. The number of hydrogen-bond donors (Lipinski definition) is 1. The minimum atomic E-state index is -0.793. The highest BCUT2D eigenvalue weighted by atomic mass is 32.1. The lowest BCUT2D eigenvalue weighted by atomic mass is 10.1. The molecule has 1 heterocycles. The average Bonchev–Trinajstić information content (AvgIpc) is 3.04. The van der Waals surface area contributed by atoms with E-state index in [2.05, 4.69) is 5.32 Å². The maximum Gasteiger partial charge on any atom is 0.256 e. The number of thiocarbonyl (C=S) groups is 1. The van der Waals surface area contributed by atoms with Crippen molar-refractivity contribution in [2.75, 3.05) is 16.8 Å². The minimum absolute atomic E-state index is 0.122. The van der Waals surface area contributed by atoms with Crippen molar-refractivity contribution in [1.82, 2.24) is 4.90 Å². The molecule has 4 rings (SSSR count). The Balaban J connectivity index is 1.54. The van der Waals surface area contributed by atoms with Crippen LogP contribution in [0.4, 0.5) is 20.2 Å². The van der Waals surface area contributed by atoms with Gasteiger partial charge in [-0.3, -0.25) is 14.5 Å². The fraction of sp³-hybridized carbons (Fsp3) is 0.160. The van der Waals surface area contributed by atoms with Gasteiger partial charge in [0, 0.05) is 12.2 Å². The van der Waals surface area contributed by atoms with Gasteiger partial charge in [0.2, 0.25) is 5.91 Å². The predicted molar refractivity (Wildman–Crippen MR) is 127 cm³/mol. The Morgan fingerprint density at radius 3 is 2.15 bits per heavy atom. The topological polar surface area (TPSA) is 52.7 Å². The van der Waals surface area contributed by atoms with Crippen molar-refractivity contribution in [3.63, 3.8) is 0 Å². The predicted octanol–water partition coefficient (Wildman–Crippen LogP) is 4.54. The molecular formula is C25H21F2N3O2S. The molecule has 0 aliphatic carbocycles. The fourth-order valence-electron chi connectivity index (χ4n) is 3.72. The van der Waals surface area contributed by atoms with Crippen molar-refractivity contribution in [3.8, 4) is 0 Å². The summed E-state index contributed by atoms with van der Waals surface area (Å²) in [5.41, 5.74) is 1.95. The third kappa shape index (κ3) is 5.23. The number of halogens is 2. The highest BCUT2D eigenvalue weighted by Gasteiger charge is 2.43. The largest absolute Gasteiger partial charge is 0.336 e. The molecule has 1 fully saturated rings. The van der Waals surface area contributed by atoms with E-state index in [-0.39, 0.29) is 24.1 Å². The number of amides is 2. The number of anilines is 2. The van der Waals surface area contributed by atoms with Crippen molar-refractivity contribution in [3.05, 3.63) is 96.1 Å². The fourth-order valence-corrected chi connectivity index (χ4v) is 4.14. The SMILES string of the molecule is O=C(C[C@H]1C(=O)N(c2ccccc2)C(=S)N1CCc1ccc(F)cc1)Nc1ccc(F)cc1. The average molecular weight is 466 g/mol. The first-order chi connectivity index (χ1) is 15.9. The van der Waals surface area contributed by atoms with Gasteiger partial charge in [0.15, 0.2) is 5.11 Å². The molecule has 3 aromatic rings. The second kappa shape index (κ2) is 9.87. The van der Waals surface area contributed by atoms with Gasteiger partial charge in [-0.15, -0.1) is 0 Å². The van der Waals surface area contributed by atoms with Crippen molar-refractivity contribution in [1.29, 1.82) is 0 Å². The lowest BCUT2D eigenvalue weighted by Crippen LogP contribution is -2.39. The van der Waals surface area contributed by atoms with E-state index in [0.29, 0.717) is 29.5 Å². The van der Waals surface area contributed by atoms with Crippen LogP contribution < -0.4 is 10.2 Å². The maximum absolute atomic E-state index is 13.3. The summed E-state index contributed by atoms with van der Waals surface area (Å²) in [6.07, 6.45) is 0.398. The van der Waals surface area contributed by atoms with Crippen LogP contribution >= 0.6 is 12.2 Å². The summed E-state index contributed by atoms with van der Waals surface area (Å²) in [6, 6.07) is 19.8. The molecule has 1 aliphatic heterocycles. The van der Waals surface area contributed by atoms with E-state index in [9.17, 15) is 18.4 Å². The molecule has 1 saturated heterocycles. The molecule has 1 aliphatic rings. The summed E-state index contributed by atoms with van der Waals surface area (Å²) >= 11 is 5.63. The summed E-state index contributed by atoms with van der Waals surface area (Å²) in [4.78, 5) is 29.2. The molecule has 33 heavy (non-hydrogen) atoms. The van der Waals surface area contributed by atoms with Gasteiger partial charge < -0.3 is 10.2 Å². The zero-order chi connectivity index (χ0) is 23.4. The molecule has 168 valence electrons. The molecular weight excluding hydrogens is 444 g/mol. The van der Waals surface area contributed by atoms with Gasteiger partial charge >= 0.3 is 0 Å². The molecule has 0 saturated carbocycles. The van der Waals surface area contributed by atoms with Crippen molar-refractivity contribution >= 4 is 40.5 Å². The first-order valence-electron chi connectivity index (χ1n) is 10.4. The second-order valence-electron chi connectivity index (χ2n) is 7.64. The van der Waals surface area contributed by atoms with Gasteiger partial charge in [-0.05, 0) is 72.7 Å². The van der Waals surface area contributed by atoms with Crippen LogP contribution in [0.1, 0.15) is 12.0 Å². The first-order valence-corrected chi connectivity index (χ1v) is 10.8. The van der Waals surface area contributed by atoms with Crippen LogP contribution in [-0.2, 0) is 16.0 Å². The van der Waals surface area contributed by atoms with Crippen molar-refractivity contribution in [2.24, 2.45) is 0 Å². The first kappa shape index (κ1) is 22.5. The number of nitrogens with one attached hydrogen (secondary N) is 1. The Morgan fingerprint density at radius 1 is 0.909 bits per heavy atom. The Hall–Kier alpha value is -3.65. The van der Waals surface area contributed by atoms with Gasteiger partial charge in [-0.1, -0.05) is 30.3 Å². The van der Waals surface area contributed by atoms with Gasteiger partial charge in [-0.25, -0.2) is 8.78 Å². The number of benzene rings is 3. The highest BCUT2D eigenvalue weighted by molar-refractivity contribution is 7.80. The van der Waals surface area contributed by atoms with Crippen LogP contribution in [0.5, 0.6) is 0 Å². The Bertz CT molecular complexity index is 1150. The summed E-state index contributed by atoms with van der Waals surface area (Å²) in [6.45, 7) is 0.383. The molecule has 0 radical (unpaired) electrons. The lowest BCUT2D eigenvalue weighted by molar-refractivity contribution is -0.124. The zero-order valence-electron chi connectivity index (χ0n) is 17.6. The standard InChI is InChI=1S/C25H21F2N3O2S/c26-18-8-6-17(7-9-18)14-15-29-22(16-23(31)28-20-12-10-19(27)11-13-20)24(32)30(25(29)33)21-4-2-1-3-5-21/h1-13,22H,14-16H2,(H,28,31)/t22-/m0/s1. The van der Waals surface area contributed by atoms with E-state index < -0.39 is 11.9 Å². The van der Waals surface area contributed by atoms with E-state index in [1.807, 2.05) is 18.2 Å². The Morgan fingerprint density at radius 2 is 1.52 bits per heavy atom. The third-order valence-electron chi connectivity index (χ3n) is 5.39. The molecule has 0 unspecified atom stereocenters. The molecule has 5 nitrogen and oxygen atoms in total. The number of carbonyl (C=O) groups excluding carboxylic acids is 2. The summed E-state index contributed by atoms with van der Waals surface area (Å²) < 4.78 is 26.4. The van der Waals surface area contributed by atoms with E-state index in [4.69, 9.17) is 12.2 Å². The molecule has 8 heteroatoms. The molecule has 0 aromatic heterocycles. The monoisotopic (exact) mass is 465 g/mol. The number of nitrogens with zero attached hydrogens (tertiary/aromatic N) is 2. The van der Waals surface area contributed by atoms with Gasteiger partial charge in [0.1, 0.15) is 17.7 Å². The van der Waals surface area contributed by atoms with E-state index in [1.165, 1.54) is 41.3 Å². The maximum atomic E-state index is 13.3. The Labute approximate surface area is 195 Å². The minimum Gasteiger partial charge on any atom is -0.336 e. The summed E-state index contributed by atoms with van der Waals surface area (Å²) in [5.74, 6) is -1.41. The van der Waals surface area contributed by atoms with Crippen LogP contribution in [0, 0.1) is 11.6 Å². The van der Waals surface area contributed by atoms with Crippen LogP contribution in [0.3, 0.4) is 0 Å². The zero-order valence-corrected chi connectivity index (χ0v) is 18.4. The van der Waals surface area contributed by atoms with Crippen molar-refractivity contribution in [2.45, 2.75) is 18.9 Å².